The minimum Gasteiger partial charge on any atom is -0.465 e. The summed E-state index contributed by atoms with van der Waals surface area (Å²) < 4.78 is 0. The molecule has 4 amide bonds. The third kappa shape index (κ3) is 11.4. The fourth-order valence-corrected chi connectivity index (χ4v) is 3.52. The van der Waals surface area contributed by atoms with Crippen molar-refractivity contribution in [3.63, 3.8) is 0 Å². The van der Waals surface area contributed by atoms with Gasteiger partial charge in [-0.05, 0) is 57.8 Å². The number of hydroxylamine groups is 1. The molecule has 0 saturated carbocycles. The molecule has 31 heavy (non-hydrogen) atoms. The van der Waals surface area contributed by atoms with Crippen LogP contribution in [0.1, 0.15) is 64.2 Å². The first-order valence-electron chi connectivity index (χ1n) is 10.9. The highest BCUT2D eigenvalue weighted by atomic mass is 16.5. The van der Waals surface area contributed by atoms with Gasteiger partial charge in [-0.1, -0.05) is 12.2 Å². The van der Waals surface area contributed by atoms with Gasteiger partial charge in [0, 0.05) is 32.5 Å². The molecule has 0 spiro atoms. The second-order valence-electron chi connectivity index (χ2n) is 7.88. The van der Waals surface area contributed by atoms with Gasteiger partial charge in [0.2, 0.25) is 17.7 Å². The standard InChI is InChI=1S/C21H36N4O6/c1-25-14-10-6-4-2-3-5-7-11-16(15-18(26)24-31)19(27)23-17(20(25)28)12-8-9-13-22-21(29)30/h2-3,16-17,22,31H,4-15H2,1H3,(H,23,27)(H,24,26)(H,29,30). The van der Waals surface area contributed by atoms with E-state index >= 15 is 0 Å². The highest BCUT2D eigenvalue weighted by Gasteiger charge is 2.28. The van der Waals surface area contributed by atoms with Crippen LogP contribution >= 0.6 is 0 Å². The maximum Gasteiger partial charge on any atom is 0.404 e. The van der Waals surface area contributed by atoms with E-state index in [1.165, 1.54) is 0 Å². The molecule has 1 aliphatic heterocycles. The van der Waals surface area contributed by atoms with Crippen molar-refractivity contribution < 1.29 is 29.5 Å². The van der Waals surface area contributed by atoms with Crippen LogP contribution in [0.4, 0.5) is 4.79 Å². The van der Waals surface area contributed by atoms with E-state index in [9.17, 15) is 19.2 Å². The van der Waals surface area contributed by atoms with Crippen LogP contribution < -0.4 is 16.1 Å². The lowest BCUT2D eigenvalue weighted by Crippen LogP contribution is -2.49. The molecule has 0 fully saturated rings. The molecule has 1 heterocycles. The Bertz CT molecular complexity index is 625. The molecule has 0 bridgehead atoms. The Morgan fingerprint density at radius 1 is 1.16 bits per heavy atom. The molecule has 1 aliphatic rings. The Balaban J connectivity index is 2.87. The highest BCUT2D eigenvalue weighted by molar-refractivity contribution is 5.90. The third-order valence-electron chi connectivity index (χ3n) is 5.32. The molecule has 0 aromatic rings. The van der Waals surface area contributed by atoms with Gasteiger partial charge in [0.1, 0.15) is 6.04 Å². The van der Waals surface area contributed by atoms with Crippen molar-refractivity contribution in [2.75, 3.05) is 20.1 Å². The van der Waals surface area contributed by atoms with Crippen molar-refractivity contribution in [1.29, 1.82) is 0 Å². The predicted octanol–water partition coefficient (Wildman–Crippen LogP) is 1.79. The number of nitrogens with zero attached hydrogens (tertiary/aromatic N) is 1. The normalized spacial score (nSPS) is 21.5. The van der Waals surface area contributed by atoms with E-state index in [1.807, 2.05) is 0 Å². The van der Waals surface area contributed by atoms with Gasteiger partial charge in [-0.15, -0.1) is 0 Å². The van der Waals surface area contributed by atoms with E-state index in [0.29, 0.717) is 38.6 Å². The lowest BCUT2D eigenvalue weighted by Gasteiger charge is -2.26. The number of carboxylic acid groups (broad SMARTS) is 1. The monoisotopic (exact) mass is 440 g/mol. The Morgan fingerprint density at radius 2 is 1.87 bits per heavy atom. The lowest BCUT2D eigenvalue weighted by atomic mass is 9.96. The summed E-state index contributed by atoms with van der Waals surface area (Å²) in [6, 6.07) is -0.745. The Morgan fingerprint density at radius 3 is 2.55 bits per heavy atom. The zero-order valence-electron chi connectivity index (χ0n) is 18.3. The van der Waals surface area contributed by atoms with E-state index in [-0.39, 0.29) is 18.9 Å². The number of amides is 4. The van der Waals surface area contributed by atoms with Crippen LogP contribution in [0.15, 0.2) is 12.2 Å². The van der Waals surface area contributed by atoms with Crippen LogP contribution in [-0.2, 0) is 14.4 Å². The number of carbonyl (C=O) groups is 4. The predicted molar refractivity (Wildman–Crippen MR) is 114 cm³/mol. The number of allylic oxidation sites excluding steroid dienone is 2. The first-order valence-corrected chi connectivity index (χ1v) is 10.9. The van der Waals surface area contributed by atoms with Gasteiger partial charge in [0.15, 0.2) is 0 Å². The number of rotatable bonds is 7. The molecule has 5 N–H and O–H groups in total. The van der Waals surface area contributed by atoms with Crippen LogP contribution in [0, 0.1) is 5.92 Å². The van der Waals surface area contributed by atoms with Crippen molar-refractivity contribution >= 4 is 23.8 Å². The zero-order chi connectivity index (χ0) is 23.1. The summed E-state index contributed by atoms with van der Waals surface area (Å²) in [4.78, 5) is 49.7. The molecule has 10 nitrogen and oxygen atoms in total. The van der Waals surface area contributed by atoms with E-state index in [0.717, 1.165) is 25.7 Å². The molecule has 0 radical (unpaired) electrons. The maximum absolute atomic E-state index is 13.0. The maximum atomic E-state index is 13.0. The van der Waals surface area contributed by atoms with Crippen molar-refractivity contribution in [2.24, 2.45) is 5.92 Å². The minimum atomic E-state index is -1.10. The lowest BCUT2D eigenvalue weighted by molar-refractivity contribution is -0.138. The largest absolute Gasteiger partial charge is 0.465 e. The van der Waals surface area contributed by atoms with Crippen LogP contribution in [0.3, 0.4) is 0 Å². The number of hydrogen-bond acceptors (Lipinski definition) is 5. The minimum absolute atomic E-state index is 0.161. The highest BCUT2D eigenvalue weighted by Crippen LogP contribution is 2.16. The topological polar surface area (TPSA) is 148 Å². The molecule has 0 aliphatic carbocycles. The quantitative estimate of drug-likeness (QED) is 0.176. The van der Waals surface area contributed by atoms with Crippen molar-refractivity contribution in [2.45, 2.75) is 70.3 Å². The summed E-state index contributed by atoms with van der Waals surface area (Å²) in [5.74, 6) is -1.89. The summed E-state index contributed by atoms with van der Waals surface area (Å²) in [6.45, 7) is 0.849. The molecule has 0 saturated heterocycles. The summed E-state index contributed by atoms with van der Waals surface area (Å²) in [6.07, 6.45) is 9.09. The summed E-state index contributed by atoms with van der Waals surface area (Å²) in [5, 5.41) is 22.6. The number of carbonyl (C=O) groups excluding carboxylic acids is 3. The molecule has 0 aromatic carbocycles. The summed E-state index contributed by atoms with van der Waals surface area (Å²) in [7, 11) is 1.71. The van der Waals surface area contributed by atoms with Gasteiger partial charge in [-0.3, -0.25) is 19.6 Å². The van der Waals surface area contributed by atoms with E-state index in [4.69, 9.17) is 10.3 Å². The fraction of sp³-hybridized carbons (Fsp3) is 0.714. The number of hydrogen-bond donors (Lipinski definition) is 5. The Hall–Kier alpha value is -2.62. The number of likely N-dealkylation sites (N-methyl/N-ethyl adjacent to an activating group) is 1. The first kappa shape index (κ1) is 26.4. The van der Waals surface area contributed by atoms with Gasteiger partial charge in [0.25, 0.3) is 0 Å². The molecule has 2 atom stereocenters. The molecular formula is C21H36N4O6. The molecule has 2 unspecified atom stereocenters. The number of unbranched alkanes of at least 4 members (excludes halogenated alkanes) is 1. The third-order valence-corrected chi connectivity index (χ3v) is 5.32. The molecule has 176 valence electrons. The van der Waals surface area contributed by atoms with Crippen molar-refractivity contribution in [3.05, 3.63) is 12.2 Å². The average Bonchev–Trinajstić information content (AvgIpc) is 2.74. The fourth-order valence-electron chi connectivity index (χ4n) is 3.52. The van der Waals surface area contributed by atoms with Crippen LogP contribution in [-0.4, -0.2) is 65.2 Å². The van der Waals surface area contributed by atoms with Crippen LogP contribution in [0.5, 0.6) is 0 Å². The zero-order valence-corrected chi connectivity index (χ0v) is 18.3. The van der Waals surface area contributed by atoms with Gasteiger partial charge < -0.3 is 20.6 Å². The average molecular weight is 441 g/mol. The van der Waals surface area contributed by atoms with E-state index in [2.05, 4.69) is 22.8 Å². The number of nitrogens with one attached hydrogen (secondary N) is 3. The molecule has 10 heteroatoms. The van der Waals surface area contributed by atoms with Crippen molar-refractivity contribution in [1.82, 2.24) is 21.0 Å². The molecule has 0 aromatic heterocycles. The smallest absolute Gasteiger partial charge is 0.404 e. The van der Waals surface area contributed by atoms with Gasteiger partial charge in [-0.25, -0.2) is 10.3 Å². The van der Waals surface area contributed by atoms with Gasteiger partial charge >= 0.3 is 6.09 Å². The van der Waals surface area contributed by atoms with Gasteiger partial charge in [0.05, 0.1) is 0 Å². The molecule has 1 rings (SSSR count). The second kappa shape index (κ2) is 15.2. The first-order chi connectivity index (χ1) is 14.8. The van der Waals surface area contributed by atoms with Crippen molar-refractivity contribution in [3.8, 4) is 0 Å². The second-order valence-corrected chi connectivity index (χ2v) is 7.88. The summed E-state index contributed by atoms with van der Waals surface area (Å²) in [5.41, 5.74) is 1.57. The SMILES string of the molecule is CN1CCCCC=CCCCC(CC(=O)NO)C(=O)NC(CCCCNC(=O)O)C1=O. The Kier molecular flexibility index (Phi) is 13.0. The van der Waals surface area contributed by atoms with Gasteiger partial charge in [-0.2, -0.15) is 0 Å². The Labute approximate surface area is 183 Å². The van der Waals surface area contributed by atoms with E-state index < -0.39 is 29.9 Å². The van der Waals surface area contributed by atoms with Crippen LogP contribution in [0.2, 0.25) is 0 Å². The summed E-state index contributed by atoms with van der Waals surface area (Å²) >= 11 is 0. The van der Waals surface area contributed by atoms with Crippen LogP contribution in [0.25, 0.3) is 0 Å². The molecular weight excluding hydrogens is 404 g/mol. The van der Waals surface area contributed by atoms with E-state index in [1.54, 1.807) is 17.4 Å².